The molecule has 0 N–H and O–H groups in total. The lowest BCUT2D eigenvalue weighted by molar-refractivity contribution is -0.273. The van der Waals surface area contributed by atoms with Crippen molar-refractivity contribution in [2.24, 2.45) is 11.8 Å². The molecule has 0 amide bonds. The molecule has 1 aliphatic carbocycles. The molecule has 4 unspecified atom stereocenters. The summed E-state index contributed by atoms with van der Waals surface area (Å²) in [5.74, 6) is 1.00. The van der Waals surface area contributed by atoms with Gasteiger partial charge in [0.2, 0.25) is 12.7 Å². The molecule has 2 fully saturated rings. The number of benzene rings is 1. The number of ketones is 1. The number of ether oxygens (including phenoxy) is 2. The summed E-state index contributed by atoms with van der Waals surface area (Å²) >= 11 is 0. The lowest BCUT2D eigenvalue weighted by atomic mass is 9.62. The van der Waals surface area contributed by atoms with Crippen molar-refractivity contribution in [3.63, 3.8) is 0 Å². The Balaban J connectivity index is 1.70. The largest absolute Gasteiger partial charge is 0.448 e. The summed E-state index contributed by atoms with van der Waals surface area (Å²) in [6.45, 7) is 3.14. The van der Waals surface area contributed by atoms with Gasteiger partial charge in [0.25, 0.3) is 0 Å². The zero-order valence-electron chi connectivity index (χ0n) is 19.3. The van der Waals surface area contributed by atoms with Crippen molar-refractivity contribution in [3.05, 3.63) is 53.0 Å². The summed E-state index contributed by atoms with van der Waals surface area (Å²) in [6.07, 6.45) is 2.36. The van der Waals surface area contributed by atoms with Crippen LogP contribution in [0.3, 0.4) is 0 Å². The Morgan fingerprint density at radius 1 is 1.28 bits per heavy atom. The molecule has 1 aromatic carbocycles. The first-order valence-electron chi connectivity index (χ1n) is 11.1. The molecule has 4 aliphatic rings. The van der Waals surface area contributed by atoms with Gasteiger partial charge in [0.05, 0.1) is 7.11 Å². The topological polar surface area (TPSA) is 63.7 Å². The number of hydrogen-bond acceptors (Lipinski definition) is 8. The van der Waals surface area contributed by atoms with Gasteiger partial charge in [-0.15, -0.1) is 5.06 Å². The van der Waals surface area contributed by atoms with Crippen LogP contribution in [0.1, 0.15) is 37.1 Å². The van der Waals surface area contributed by atoms with Crippen molar-refractivity contribution in [2.75, 3.05) is 41.7 Å². The number of nitrogens with zero attached hydrogens (tertiary/aromatic N) is 3. The van der Waals surface area contributed by atoms with E-state index in [1.54, 1.807) is 19.3 Å². The van der Waals surface area contributed by atoms with E-state index >= 15 is 0 Å². The Kier molecular flexibility index (Phi) is 5.38. The van der Waals surface area contributed by atoms with Crippen molar-refractivity contribution in [2.45, 2.75) is 31.5 Å². The van der Waals surface area contributed by atoms with E-state index in [0.29, 0.717) is 18.7 Å². The average Bonchev–Trinajstić information content (AvgIpc) is 3.24. The summed E-state index contributed by atoms with van der Waals surface area (Å²) in [5, 5.41) is 3.55. The van der Waals surface area contributed by atoms with Gasteiger partial charge in [-0.2, -0.15) is 5.06 Å². The van der Waals surface area contributed by atoms with Crippen LogP contribution in [0.2, 0.25) is 0 Å². The highest BCUT2D eigenvalue weighted by atomic mass is 16.8. The van der Waals surface area contributed by atoms with Gasteiger partial charge >= 0.3 is 0 Å². The van der Waals surface area contributed by atoms with Crippen LogP contribution >= 0.6 is 0 Å². The highest BCUT2D eigenvalue weighted by molar-refractivity contribution is 5.93. The van der Waals surface area contributed by atoms with Gasteiger partial charge in [-0.3, -0.25) is 9.63 Å². The Bertz CT molecular complexity index is 990. The number of rotatable bonds is 5. The van der Waals surface area contributed by atoms with E-state index in [2.05, 4.69) is 17.9 Å². The third kappa shape index (κ3) is 2.98. The van der Waals surface area contributed by atoms with Gasteiger partial charge in [-0.1, -0.05) is 31.2 Å². The highest BCUT2D eigenvalue weighted by Crippen LogP contribution is 2.58. The number of carbonyl (C=O) groups is 1. The van der Waals surface area contributed by atoms with Gasteiger partial charge in [-0.05, 0) is 32.0 Å². The van der Waals surface area contributed by atoms with Crippen molar-refractivity contribution in [1.82, 2.24) is 15.0 Å². The number of hydroxylamine groups is 4. The third-order valence-electron chi connectivity index (χ3n) is 7.17. The second-order valence-electron chi connectivity index (χ2n) is 9.28. The van der Waals surface area contributed by atoms with Crippen LogP contribution in [0.15, 0.2) is 41.9 Å². The van der Waals surface area contributed by atoms with E-state index < -0.39 is 11.8 Å². The molecule has 8 heteroatoms. The molecular formula is C24H31N3O5. The molecule has 4 atom stereocenters. The van der Waals surface area contributed by atoms with Crippen LogP contribution in [0, 0.1) is 11.8 Å². The lowest BCUT2D eigenvalue weighted by Gasteiger charge is -2.55. The molecule has 1 spiro atoms. The first-order valence-corrected chi connectivity index (χ1v) is 11.1. The van der Waals surface area contributed by atoms with E-state index in [1.807, 2.05) is 43.6 Å². The summed E-state index contributed by atoms with van der Waals surface area (Å²) in [4.78, 5) is 27.6. The first kappa shape index (κ1) is 21.6. The molecule has 5 rings (SSSR count). The van der Waals surface area contributed by atoms with Gasteiger partial charge in [0.1, 0.15) is 11.3 Å². The zero-order chi connectivity index (χ0) is 22.6. The maximum Gasteiger partial charge on any atom is 0.221 e. The molecule has 0 aromatic heterocycles. The Hall–Kier alpha value is -2.23. The van der Waals surface area contributed by atoms with E-state index in [1.165, 1.54) is 0 Å². The predicted molar refractivity (Wildman–Crippen MR) is 117 cm³/mol. The van der Waals surface area contributed by atoms with Crippen LogP contribution in [0.5, 0.6) is 0 Å². The fourth-order valence-electron chi connectivity index (χ4n) is 5.92. The predicted octanol–water partition coefficient (Wildman–Crippen LogP) is 2.91. The number of methoxy groups -OCH3 is 1. The highest BCUT2D eigenvalue weighted by Gasteiger charge is 2.61. The van der Waals surface area contributed by atoms with Gasteiger partial charge in [-0.25, -0.2) is 4.84 Å². The second kappa shape index (κ2) is 7.97. The fourth-order valence-corrected chi connectivity index (χ4v) is 5.92. The minimum Gasteiger partial charge on any atom is -0.448 e. The molecule has 0 radical (unpaired) electrons. The van der Waals surface area contributed by atoms with Crippen molar-refractivity contribution >= 4 is 11.4 Å². The molecule has 0 bridgehead atoms. The number of carbonyl (C=O) groups excluding carboxylic acids is 1. The average molecular weight is 442 g/mol. The number of Topliss-reactive ketones (excluding diaryl/α,β-unsaturated/α-hetero) is 1. The first-order chi connectivity index (χ1) is 15.4. The van der Waals surface area contributed by atoms with Gasteiger partial charge in [0, 0.05) is 48.9 Å². The molecule has 1 saturated heterocycles. The molecule has 8 nitrogen and oxygen atoms in total. The van der Waals surface area contributed by atoms with E-state index in [4.69, 9.17) is 19.1 Å². The molecule has 1 saturated carbocycles. The Morgan fingerprint density at radius 3 is 2.78 bits per heavy atom. The maximum atomic E-state index is 13.7. The number of fused-ring (bicyclic) bond motifs is 3. The van der Waals surface area contributed by atoms with Crippen molar-refractivity contribution in [3.8, 4) is 0 Å². The van der Waals surface area contributed by atoms with E-state index in [9.17, 15) is 4.79 Å². The molecule has 32 heavy (non-hydrogen) atoms. The fraction of sp³-hybridized carbons (Fsp3) is 0.542. The molecule has 172 valence electrons. The molecule has 1 aromatic rings. The summed E-state index contributed by atoms with van der Waals surface area (Å²) in [6, 6.07) is 8.11. The second-order valence-corrected chi connectivity index (χ2v) is 9.28. The minimum atomic E-state index is -0.811. The van der Waals surface area contributed by atoms with Crippen LogP contribution in [-0.4, -0.2) is 68.0 Å². The normalized spacial score (nSPS) is 30.4. The maximum absolute atomic E-state index is 13.7. The van der Waals surface area contributed by atoms with Crippen LogP contribution in [0.4, 0.5) is 0 Å². The Labute approximate surface area is 188 Å². The van der Waals surface area contributed by atoms with Gasteiger partial charge in [0.15, 0.2) is 6.23 Å². The minimum absolute atomic E-state index is 0.104. The van der Waals surface area contributed by atoms with E-state index in [-0.39, 0.29) is 24.4 Å². The lowest BCUT2D eigenvalue weighted by Crippen LogP contribution is -2.61. The van der Waals surface area contributed by atoms with Gasteiger partial charge < -0.3 is 14.4 Å². The zero-order valence-corrected chi connectivity index (χ0v) is 19.3. The third-order valence-corrected chi connectivity index (χ3v) is 7.17. The monoisotopic (exact) mass is 441 g/mol. The quantitative estimate of drug-likeness (QED) is 0.691. The summed E-state index contributed by atoms with van der Waals surface area (Å²) in [5.41, 5.74) is 3.20. The molecular weight excluding hydrogens is 410 g/mol. The molecule has 3 aliphatic heterocycles. The standard InChI is InChI=1S/C24H31N3O5/c1-15(12-25(2)3)18-10-19-23-26(32-14-31-23)13-20-16-8-6-7-9-17(16)22(29-4)27(30-5)24(19,20)11-21(18)28/h6-9,13,15,18,22H,10-12,14H2,1-5H3. The van der Waals surface area contributed by atoms with Crippen molar-refractivity contribution < 1.29 is 23.9 Å². The van der Waals surface area contributed by atoms with Crippen LogP contribution < -0.4 is 0 Å². The smallest absolute Gasteiger partial charge is 0.221 e. The SMILES string of the molecule is COC1c2ccccc2C2=CN3OCOC3=C3CC(C(C)CN(C)C)C(=O)CC23N1OC. The van der Waals surface area contributed by atoms with Crippen LogP contribution in [0.25, 0.3) is 5.57 Å². The van der Waals surface area contributed by atoms with Crippen molar-refractivity contribution in [1.29, 1.82) is 0 Å². The summed E-state index contributed by atoms with van der Waals surface area (Å²) in [7, 11) is 7.39. The molecule has 3 heterocycles. The van der Waals surface area contributed by atoms with Crippen LogP contribution in [-0.2, 0) is 23.9 Å². The Morgan fingerprint density at radius 2 is 2.06 bits per heavy atom. The van der Waals surface area contributed by atoms with E-state index in [0.717, 1.165) is 28.8 Å². The summed E-state index contributed by atoms with van der Waals surface area (Å²) < 4.78 is 11.9. The number of hydrogen-bond donors (Lipinski definition) is 0.